The number of aliphatic hydroxyl groups is 1. The number of benzene rings is 1. The van der Waals surface area contributed by atoms with E-state index in [1.807, 2.05) is 0 Å². The molecule has 128 valence electrons. The van der Waals surface area contributed by atoms with Crippen molar-refractivity contribution in [1.29, 1.82) is 0 Å². The second-order valence-corrected chi connectivity index (χ2v) is 6.91. The highest BCUT2D eigenvalue weighted by atomic mass is 32.2. The highest BCUT2D eigenvalue weighted by Gasteiger charge is 2.44. The van der Waals surface area contributed by atoms with Crippen LogP contribution in [0.15, 0.2) is 23.1 Å². The molecular formula is C14H19NO7S. The molecule has 1 aromatic rings. The van der Waals surface area contributed by atoms with E-state index in [4.69, 9.17) is 9.47 Å². The standard InChI is InChI=1S/C14H19NO7S/c1-20-12-5-4-10(7-13(12)21-2)23(18,19)15-8-9(16)6-11(15)14(17)22-3/h4-5,7,9,11,16H,6,8H2,1-3H3/t9-,11-/m0/s1. The summed E-state index contributed by atoms with van der Waals surface area (Å²) < 4.78 is 41.3. The van der Waals surface area contributed by atoms with Gasteiger partial charge in [0, 0.05) is 19.0 Å². The fourth-order valence-corrected chi connectivity index (χ4v) is 4.15. The number of hydrogen-bond donors (Lipinski definition) is 1. The van der Waals surface area contributed by atoms with Gasteiger partial charge in [-0.15, -0.1) is 0 Å². The second kappa shape index (κ2) is 6.73. The van der Waals surface area contributed by atoms with E-state index >= 15 is 0 Å². The summed E-state index contributed by atoms with van der Waals surface area (Å²) in [4.78, 5) is 11.7. The van der Waals surface area contributed by atoms with Crippen LogP contribution in [0, 0.1) is 0 Å². The minimum absolute atomic E-state index is 0.000801. The molecule has 0 spiro atoms. The molecule has 2 atom stereocenters. The first-order chi connectivity index (χ1) is 10.8. The fraction of sp³-hybridized carbons (Fsp3) is 0.500. The van der Waals surface area contributed by atoms with Crippen LogP contribution in [-0.4, -0.2) is 63.8 Å². The van der Waals surface area contributed by atoms with Gasteiger partial charge in [-0.05, 0) is 12.1 Å². The van der Waals surface area contributed by atoms with Crippen molar-refractivity contribution < 1.29 is 32.5 Å². The van der Waals surface area contributed by atoms with Crippen molar-refractivity contribution >= 4 is 16.0 Å². The molecule has 0 saturated carbocycles. The summed E-state index contributed by atoms with van der Waals surface area (Å²) in [5.74, 6) is -0.0639. The molecule has 1 aliphatic heterocycles. The molecule has 2 rings (SSSR count). The molecule has 0 amide bonds. The van der Waals surface area contributed by atoms with Gasteiger partial charge >= 0.3 is 5.97 Å². The first-order valence-electron chi connectivity index (χ1n) is 6.85. The topological polar surface area (TPSA) is 102 Å². The Labute approximate surface area is 134 Å². The normalized spacial score (nSPS) is 21.9. The van der Waals surface area contributed by atoms with Gasteiger partial charge in [-0.1, -0.05) is 0 Å². The van der Waals surface area contributed by atoms with Gasteiger partial charge in [-0.25, -0.2) is 8.42 Å². The first kappa shape index (κ1) is 17.5. The number of rotatable bonds is 5. The van der Waals surface area contributed by atoms with Gasteiger partial charge < -0.3 is 19.3 Å². The van der Waals surface area contributed by atoms with Crippen molar-refractivity contribution in [2.24, 2.45) is 0 Å². The summed E-state index contributed by atoms with van der Waals surface area (Å²) in [6, 6.07) is 3.09. The Morgan fingerprint density at radius 1 is 1.22 bits per heavy atom. The molecule has 1 heterocycles. The maximum atomic E-state index is 12.8. The predicted molar refractivity (Wildman–Crippen MR) is 79.9 cm³/mol. The molecule has 0 unspecified atom stereocenters. The van der Waals surface area contributed by atoms with Crippen molar-refractivity contribution in [2.75, 3.05) is 27.9 Å². The predicted octanol–water partition coefficient (Wildman–Crippen LogP) is 0.000700. The largest absolute Gasteiger partial charge is 0.493 e. The zero-order valence-corrected chi connectivity index (χ0v) is 13.9. The van der Waals surface area contributed by atoms with E-state index in [0.29, 0.717) is 5.75 Å². The third-order valence-corrected chi connectivity index (χ3v) is 5.54. The summed E-state index contributed by atoms with van der Waals surface area (Å²) in [5, 5.41) is 9.75. The summed E-state index contributed by atoms with van der Waals surface area (Å²) in [5.41, 5.74) is 0. The van der Waals surface area contributed by atoms with Crippen LogP contribution in [0.4, 0.5) is 0 Å². The molecule has 0 bridgehead atoms. The lowest BCUT2D eigenvalue weighted by Gasteiger charge is -2.22. The van der Waals surface area contributed by atoms with E-state index in [9.17, 15) is 18.3 Å². The Kier molecular flexibility index (Phi) is 5.12. The van der Waals surface area contributed by atoms with Gasteiger partial charge in [0.2, 0.25) is 10.0 Å². The number of methoxy groups -OCH3 is 3. The number of esters is 1. The van der Waals surface area contributed by atoms with Crippen LogP contribution < -0.4 is 9.47 Å². The van der Waals surface area contributed by atoms with Crippen LogP contribution in [0.3, 0.4) is 0 Å². The maximum Gasteiger partial charge on any atom is 0.324 e. The summed E-state index contributed by atoms with van der Waals surface area (Å²) in [6.07, 6.45) is -0.923. The van der Waals surface area contributed by atoms with E-state index in [0.717, 1.165) is 4.31 Å². The third kappa shape index (κ3) is 3.26. The van der Waals surface area contributed by atoms with Gasteiger partial charge in [0.25, 0.3) is 0 Å². The van der Waals surface area contributed by atoms with E-state index < -0.39 is 28.1 Å². The van der Waals surface area contributed by atoms with Crippen molar-refractivity contribution in [3.63, 3.8) is 0 Å². The molecule has 1 aromatic carbocycles. The van der Waals surface area contributed by atoms with Crippen molar-refractivity contribution in [3.8, 4) is 11.5 Å². The highest BCUT2D eigenvalue weighted by molar-refractivity contribution is 7.89. The Balaban J connectivity index is 2.43. The zero-order valence-electron chi connectivity index (χ0n) is 13.1. The van der Waals surface area contributed by atoms with Crippen LogP contribution >= 0.6 is 0 Å². The van der Waals surface area contributed by atoms with Gasteiger partial charge in [-0.2, -0.15) is 4.31 Å². The van der Waals surface area contributed by atoms with E-state index in [-0.39, 0.29) is 23.6 Å². The minimum atomic E-state index is -4.00. The van der Waals surface area contributed by atoms with E-state index in [2.05, 4.69) is 4.74 Å². The molecule has 9 heteroatoms. The molecule has 1 aliphatic rings. The number of β-amino-alcohol motifs (C(OH)–C–C–N with tert-alkyl or cyclic N) is 1. The molecule has 1 fully saturated rings. The molecule has 8 nitrogen and oxygen atoms in total. The quantitative estimate of drug-likeness (QED) is 0.749. The van der Waals surface area contributed by atoms with Gasteiger partial charge in [0.15, 0.2) is 11.5 Å². The number of aliphatic hydroxyl groups excluding tert-OH is 1. The van der Waals surface area contributed by atoms with Crippen LogP contribution in [0.25, 0.3) is 0 Å². The van der Waals surface area contributed by atoms with Crippen LogP contribution in [0.1, 0.15) is 6.42 Å². The Bertz CT molecular complexity index is 688. The minimum Gasteiger partial charge on any atom is -0.493 e. The lowest BCUT2D eigenvalue weighted by molar-refractivity contribution is -0.144. The zero-order chi connectivity index (χ0) is 17.2. The molecule has 23 heavy (non-hydrogen) atoms. The summed E-state index contributed by atoms with van der Waals surface area (Å²) >= 11 is 0. The maximum absolute atomic E-state index is 12.8. The van der Waals surface area contributed by atoms with Crippen LogP contribution in [0.2, 0.25) is 0 Å². The number of carbonyl (C=O) groups is 1. The Hall–Kier alpha value is -1.84. The average molecular weight is 345 g/mol. The molecule has 0 radical (unpaired) electrons. The van der Waals surface area contributed by atoms with Crippen LogP contribution in [-0.2, 0) is 19.6 Å². The van der Waals surface area contributed by atoms with Gasteiger partial charge in [0.05, 0.1) is 32.3 Å². The van der Waals surface area contributed by atoms with E-state index in [1.54, 1.807) is 0 Å². The Morgan fingerprint density at radius 3 is 2.43 bits per heavy atom. The molecule has 1 saturated heterocycles. The number of nitrogens with zero attached hydrogens (tertiary/aromatic N) is 1. The van der Waals surface area contributed by atoms with Crippen molar-refractivity contribution in [2.45, 2.75) is 23.5 Å². The molecular weight excluding hydrogens is 326 g/mol. The van der Waals surface area contributed by atoms with Crippen molar-refractivity contribution in [3.05, 3.63) is 18.2 Å². The lowest BCUT2D eigenvalue weighted by atomic mass is 10.2. The molecule has 1 N–H and O–H groups in total. The average Bonchev–Trinajstić information content (AvgIpc) is 2.96. The smallest absolute Gasteiger partial charge is 0.324 e. The Morgan fingerprint density at radius 2 is 1.87 bits per heavy atom. The molecule has 0 aliphatic carbocycles. The number of sulfonamides is 1. The summed E-state index contributed by atoms with van der Waals surface area (Å²) in [7, 11) is 0.0129. The fourth-order valence-electron chi connectivity index (χ4n) is 2.51. The second-order valence-electron chi connectivity index (χ2n) is 5.02. The summed E-state index contributed by atoms with van der Waals surface area (Å²) in [6.45, 7) is -0.170. The lowest BCUT2D eigenvalue weighted by Crippen LogP contribution is -2.41. The molecule has 0 aromatic heterocycles. The first-order valence-corrected chi connectivity index (χ1v) is 8.29. The SMILES string of the molecule is COC(=O)[C@@H]1C[C@H](O)CN1S(=O)(=O)c1ccc(OC)c(OC)c1. The van der Waals surface area contributed by atoms with Gasteiger partial charge in [0.1, 0.15) is 6.04 Å². The van der Waals surface area contributed by atoms with E-state index in [1.165, 1.54) is 39.5 Å². The monoisotopic (exact) mass is 345 g/mol. The van der Waals surface area contributed by atoms with Crippen molar-refractivity contribution in [1.82, 2.24) is 4.31 Å². The van der Waals surface area contributed by atoms with Crippen LogP contribution in [0.5, 0.6) is 11.5 Å². The number of carbonyl (C=O) groups excluding carboxylic acids is 1. The third-order valence-electron chi connectivity index (χ3n) is 3.67. The number of ether oxygens (including phenoxy) is 3. The van der Waals surface area contributed by atoms with Gasteiger partial charge in [-0.3, -0.25) is 4.79 Å². The number of hydrogen-bond acceptors (Lipinski definition) is 7. The highest BCUT2D eigenvalue weighted by Crippen LogP contribution is 2.33.